The number of piperazine rings is 1. The van der Waals surface area contributed by atoms with Gasteiger partial charge in [-0.05, 0) is 105 Å². The van der Waals surface area contributed by atoms with Gasteiger partial charge in [0.25, 0.3) is 21.6 Å². The molecule has 20 heteroatoms. The predicted octanol–water partition coefficient (Wildman–Crippen LogP) is 7.21. The highest BCUT2D eigenvalue weighted by atomic mass is 35.5. The van der Waals surface area contributed by atoms with Gasteiger partial charge in [0, 0.05) is 92.8 Å². The summed E-state index contributed by atoms with van der Waals surface area (Å²) in [5.74, 6) is -1.04. The summed E-state index contributed by atoms with van der Waals surface area (Å²) in [5.41, 5.74) is 6.94. The lowest BCUT2D eigenvalue weighted by molar-refractivity contribution is -0.384. The van der Waals surface area contributed by atoms with E-state index in [0.29, 0.717) is 42.1 Å². The van der Waals surface area contributed by atoms with Crippen molar-refractivity contribution in [2.45, 2.75) is 51.0 Å². The van der Waals surface area contributed by atoms with Gasteiger partial charge in [-0.1, -0.05) is 50.1 Å². The monoisotopic (exact) mass is 1010 g/mol. The number of nitro benzene ring substituents is 1. The number of rotatable bonds is 14. The Labute approximate surface area is 418 Å². The Hall–Kier alpha value is -6.38. The molecule has 2 saturated heterocycles. The number of aromatic amines is 1. The maximum absolute atomic E-state index is 14.3. The van der Waals surface area contributed by atoms with E-state index < -0.39 is 31.4 Å². The quantitative estimate of drug-likeness (QED) is 0.0731. The maximum atomic E-state index is 14.3. The van der Waals surface area contributed by atoms with E-state index in [1.807, 2.05) is 57.4 Å². The minimum atomic E-state index is -4.64. The van der Waals surface area contributed by atoms with E-state index in [9.17, 15) is 28.1 Å². The van der Waals surface area contributed by atoms with Crippen LogP contribution in [0.1, 0.15) is 56.0 Å². The fraction of sp³-hybridized carbons (Fsp3) is 0.412. The number of pyridine rings is 1. The Kier molecular flexibility index (Phi) is 14.2. The number of hydrogen-bond donors (Lipinski definition) is 3. The summed E-state index contributed by atoms with van der Waals surface area (Å²) in [6.45, 7) is 12.2. The Bertz CT molecular complexity index is 3130. The number of allylic oxidation sites excluding steroid dienone is 1. The second-order valence-corrected chi connectivity index (χ2v) is 22.1. The zero-order chi connectivity index (χ0) is 50.2. The molecule has 0 saturated carbocycles. The van der Waals surface area contributed by atoms with E-state index in [0.717, 1.165) is 74.1 Å². The van der Waals surface area contributed by atoms with Crippen molar-refractivity contribution in [3.05, 3.63) is 117 Å². The number of carbonyl (C=O) groups excluding carboxylic acids is 2. The number of aromatic nitrogens is 4. The van der Waals surface area contributed by atoms with Crippen LogP contribution in [0, 0.1) is 21.4 Å². The van der Waals surface area contributed by atoms with Crippen molar-refractivity contribution < 1.29 is 27.7 Å². The number of nitro groups is 1. The Morgan fingerprint density at radius 2 is 1.79 bits per heavy atom. The van der Waals surface area contributed by atoms with Gasteiger partial charge in [0.2, 0.25) is 5.91 Å². The van der Waals surface area contributed by atoms with Crippen LogP contribution in [0.4, 0.5) is 17.1 Å². The summed E-state index contributed by atoms with van der Waals surface area (Å²) < 4.78 is 38.0. The molecule has 5 heterocycles. The molecule has 3 N–H and O–H groups in total. The molecule has 2 amide bonds. The summed E-state index contributed by atoms with van der Waals surface area (Å²) in [7, 11) is -0.987. The first kappa shape index (κ1) is 49.6. The van der Waals surface area contributed by atoms with Gasteiger partial charge >= 0.3 is 0 Å². The van der Waals surface area contributed by atoms with Crippen molar-refractivity contribution in [1.29, 1.82) is 0 Å². The molecule has 3 aromatic heterocycles. The molecular weight excluding hydrogens is 946 g/mol. The highest BCUT2D eigenvalue weighted by molar-refractivity contribution is 7.90. The number of likely N-dealkylation sites (N-methyl/N-ethyl adjacent to an activating group) is 1. The molecule has 0 radical (unpaired) electrons. The Morgan fingerprint density at radius 1 is 1.01 bits per heavy atom. The second-order valence-electron chi connectivity index (χ2n) is 20.0. The number of ether oxygens (including phenoxy) is 1. The largest absolute Gasteiger partial charge is 0.377 e. The van der Waals surface area contributed by atoms with Gasteiger partial charge in [-0.3, -0.25) is 34.4 Å². The van der Waals surface area contributed by atoms with Crippen LogP contribution in [0.2, 0.25) is 5.02 Å². The molecule has 0 bridgehead atoms. The second kappa shape index (κ2) is 20.4. The van der Waals surface area contributed by atoms with Crippen molar-refractivity contribution in [2.24, 2.45) is 11.3 Å². The van der Waals surface area contributed by atoms with Gasteiger partial charge in [0.05, 0.1) is 45.8 Å². The number of anilines is 2. The zero-order valence-corrected chi connectivity index (χ0v) is 42.2. The summed E-state index contributed by atoms with van der Waals surface area (Å²) in [5, 5.41) is 20.2. The van der Waals surface area contributed by atoms with Crippen LogP contribution in [-0.4, -0.2) is 145 Å². The van der Waals surface area contributed by atoms with E-state index in [1.165, 1.54) is 28.8 Å². The van der Waals surface area contributed by atoms with Crippen LogP contribution in [0.3, 0.4) is 0 Å². The average molecular weight is 1010 g/mol. The van der Waals surface area contributed by atoms with Crippen molar-refractivity contribution in [2.75, 3.05) is 89.8 Å². The van der Waals surface area contributed by atoms with Crippen molar-refractivity contribution in [3.63, 3.8) is 0 Å². The summed E-state index contributed by atoms with van der Waals surface area (Å²) in [6, 6.07) is 20.7. The van der Waals surface area contributed by atoms with Gasteiger partial charge in [-0.2, -0.15) is 0 Å². The topological polar surface area (TPSA) is 204 Å². The summed E-state index contributed by atoms with van der Waals surface area (Å²) in [4.78, 5) is 55.7. The SMILES string of the molecule is CC1CN(C(=O)CN(C)C)CCO[C@@H]1CNc1ccc(S(=O)(=O)NC(=O)c2ccc(N3CCN(CC4=C(c5ccc(Cl)cc5)CC(C)(C)CC4)CC3)cc2-n2[nH]cc3nc4nccc4cc32)cc1[N+](=O)[O-]. The average Bonchev–Trinajstić information content (AvgIpc) is 3.93. The fourth-order valence-corrected chi connectivity index (χ4v) is 11.0. The predicted molar refractivity (Wildman–Crippen MR) is 276 cm³/mol. The van der Waals surface area contributed by atoms with E-state index in [-0.39, 0.29) is 47.7 Å². The fourth-order valence-electron chi connectivity index (χ4n) is 9.93. The third-order valence-corrected chi connectivity index (χ3v) is 15.5. The van der Waals surface area contributed by atoms with Crippen molar-refractivity contribution in [1.82, 2.24) is 39.2 Å². The Balaban J connectivity index is 0.940. The summed E-state index contributed by atoms with van der Waals surface area (Å²) in [6.07, 6.45) is 6.15. The number of fused-ring (bicyclic) bond motifs is 2. The molecule has 71 heavy (non-hydrogen) atoms. The lowest BCUT2D eigenvalue weighted by atomic mass is 9.72. The van der Waals surface area contributed by atoms with E-state index in [4.69, 9.17) is 16.3 Å². The number of amides is 2. The first-order chi connectivity index (χ1) is 33.9. The van der Waals surface area contributed by atoms with Gasteiger partial charge in [-0.15, -0.1) is 0 Å². The summed E-state index contributed by atoms with van der Waals surface area (Å²) >= 11 is 6.27. The van der Waals surface area contributed by atoms with E-state index >= 15 is 0 Å². The molecule has 1 unspecified atom stereocenters. The zero-order valence-electron chi connectivity index (χ0n) is 40.7. The van der Waals surface area contributed by atoms with Crippen LogP contribution in [-0.2, 0) is 19.6 Å². The molecule has 18 nitrogen and oxygen atoms in total. The number of H-pyrrole nitrogens is 1. The van der Waals surface area contributed by atoms with Crippen LogP contribution in [0.5, 0.6) is 0 Å². The third-order valence-electron chi connectivity index (χ3n) is 13.9. The molecule has 9 rings (SSSR count). The highest BCUT2D eigenvalue weighted by Crippen LogP contribution is 2.43. The highest BCUT2D eigenvalue weighted by Gasteiger charge is 2.32. The number of hydrogen-bond acceptors (Lipinski definition) is 13. The molecule has 3 aromatic carbocycles. The number of benzene rings is 3. The Morgan fingerprint density at radius 3 is 2.54 bits per heavy atom. The van der Waals surface area contributed by atoms with Gasteiger partial charge < -0.3 is 24.8 Å². The van der Waals surface area contributed by atoms with Gasteiger partial charge in [0.1, 0.15) is 11.2 Å². The van der Waals surface area contributed by atoms with E-state index in [2.05, 4.69) is 60.9 Å². The molecule has 0 spiro atoms. The third kappa shape index (κ3) is 11.1. The van der Waals surface area contributed by atoms with Crippen molar-refractivity contribution in [3.8, 4) is 5.69 Å². The molecule has 3 aliphatic rings. The van der Waals surface area contributed by atoms with Crippen LogP contribution in [0.15, 0.2) is 95.7 Å². The van der Waals surface area contributed by atoms with Gasteiger partial charge in [0.15, 0.2) is 5.65 Å². The van der Waals surface area contributed by atoms with E-state index in [1.54, 1.807) is 32.9 Å². The molecule has 2 atom stereocenters. The first-order valence-electron chi connectivity index (χ1n) is 23.9. The first-order valence-corrected chi connectivity index (χ1v) is 25.8. The lowest BCUT2D eigenvalue weighted by Gasteiger charge is -2.39. The normalized spacial score (nSPS) is 19.1. The molecule has 2 aliphatic heterocycles. The maximum Gasteiger partial charge on any atom is 0.293 e. The van der Waals surface area contributed by atoms with Crippen LogP contribution < -0.4 is 14.9 Å². The molecule has 2 fully saturated rings. The molecule has 374 valence electrons. The minimum Gasteiger partial charge on any atom is -0.377 e. The molecular formula is C51H60ClN11O7S. The van der Waals surface area contributed by atoms with Crippen LogP contribution in [0.25, 0.3) is 33.3 Å². The number of nitrogens with one attached hydrogen (secondary N) is 3. The van der Waals surface area contributed by atoms with Crippen molar-refractivity contribution >= 4 is 78.1 Å². The molecule has 1 aliphatic carbocycles. The van der Waals surface area contributed by atoms with Gasteiger partial charge in [-0.25, -0.2) is 23.1 Å². The number of nitrogens with zero attached hydrogens (tertiary/aromatic N) is 8. The lowest BCUT2D eigenvalue weighted by Crippen LogP contribution is -2.47. The standard InChI is InChI=1S/C51H60ClN11O7S/c1-33-30-61(48(64)32-58(4)5)22-23-70-47(33)29-54-42-13-11-39(26-46(42)63(66)67)71(68,69)57-50(65)40-12-10-38(25-44(40)62-45-24-35-15-17-53-49(35)56-43(45)28-55-62)60-20-18-59(19-21-60)31-36-14-16-51(2,3)27-41(36)34-6-8-37(52)9-7-34/h6-13,15,17,24-26,28,33,47,54-55H,14,16,18-23,27,29-32H2,1-5H3,(H,57,65)/t33?,47-/m1/s1. The number of carbonyl (C=O) groups is 2. The molecule has 6 aromatic rings. The number of halogens is 1. The minimum absolute atomic E-state index is 0.0137. The number of sulfonamides is 1. The smallest absolute Gasteiger partial charge is 0.293 e. The van der Waals surface area contributed by atoms with Crippen LogP contribution >= 0.6 is 11.6 Å².